The highest BCUT2D eigenvalue weighted by atomic mass is 79.9. The van der Waals surface area contributed by atoms with Crippen molar-refractivity contribution in [1.29, 1.82) is 0 Å². The maximum atomic E-state index is 5.84. The Labute approximate surface area is 115 Å². The van der Waals surface area contributed by atoms with E-state index in [1.165, 1.54) is 18.4 Å². The predicted octanol–water partition coefficient (Wildman–Crippen LogP) is 2.93. The molecule has 2 aromatic rings. The molecule has 18 heavy (non-hydrogen) atoms. The van der Waals surface area contributed by atoms with Crippen LogP contribution in [0.5, 0.6) is 0 Å². The van der Waals surface area contributed by atoms with Crippen molar-refractivity contribution in [3.05, 3.63) is 46.2 Å². The molecule has 1 aliphatic carbocycles. The topological polar surface area (TPSA) is 43.8 Å². The van der Waals surface area contributed by atoms with Crippen LogP contribution in [-0.2, 0) is 5.41 Å². The van der Waals surface area contributed by atoms with Gasteiger partial charge in [-0.05, 0) is 49.6 Å². The zero-order valence-electron chi connectivity index (χ0n) is 10.4. The van der Waals surface area contributed by atoms with E-state index in [9.17, 15) is 0 Å². The first-order valence-electron chi connectivity index (χ1n) is 6.17. The summed E-state index contributed by atoms with van der Waals surface area (Å²) in [6, 6.07) is 8.35. The summed E-state index contributed by atoms with van der Waals surface area (Å²) in [6.07, 6.45) is 4.35. The minimum absolute atomic E-state index is 0.162. The Morgan fingerprint density at radius 3 is 2.78 bits per heavy atom. The molecule has 0 radical (unpaired) electrons. The van der Waals surface area contributed by atoms with E-state index in [0.29, 0.717) is 6.54 Å². The van der Waals surface area contributed by atoms with Crippen LogP contribution in [0.2, 0.25) is 0 Å². The second-order valence-corrected chi connectivity index (χ2v) is 5.92. The second kappa shape index (κ2) is 4.21. The zero-order chi connectivity index (χ0) is 12.8. The van der Waals surface area contributed by atoms with Gasteiger partial charge in [0.05, 0.1) is 11.4 Å². The Bertz CT molecular complexity index is 584. The summed E-state index contributed by atoms with van der Waals surface area (Å²) in [7, 11) is 0. The number of rotatable bonds is 3. The summed E-state index contributed by atoms with van der Waals surface area (Å²) in [5, 5.41) is 4.68. The van der Waals surface area contributed by atoms with Gasteiger partial charge in [-0.25, -0.2) is 4.68 Å². The van der Waals surface area contributed by atoms with Gasteiger partial charge in [0.2, 0.25) is 0 Å². The minimum atomic E-state index is 0.162. The Kier molecular flexibility index (Phi) is 2.79. The van der Waals surface area contributed by atoms with Gasteiger partial charge in [-0.15, -0.1) is 0 Å². The van der Waals surface area contributed by atoms with Crippen molar-refractivity contribution in [3.63, 3.8) is 0 Å². The molecule has 2 N–H and O–H groups in total. The molecule has 0 spiro atoms. The fraction of sp³-hybridized carbons (Fsp3) is 0.357. The lowest BCUT2D eigenvalue weighted by atomic mass is 10.0. The third-order valence-electron chi connectivity index (χ3n) is 3.78. The first-order valence-corrected chi connectivity index (χ1v) is 6.97. The van der Waals surface area contributed by atoms with Crippen LogP contribution in [0.25, 0.3) is 5.69 Å². The molecule has 0 aliphatic heterocycles. The number of benzene rings is 1. The molecular formula is C14H16BrN3. The molecule has 1 fully saturated rings. The Morgan fingerprint density at radius 2 is 2.17 bits per heavy atom. The highest BCUT2D eigenvalue weighted by Crippen LogP contribution is 2.46. The van der Waals surface area contributed by atoms with E-state index in [2.05, 4.69) is 52.2 Å². The van der Waals surface area contributed by atoms with E-state index < -0.39 is 0 Å². The fourth-order valence-electron chi connectivity index (χ4n) is 2.24. The summed E-state index contributed by atoms with van der Waals surface area (Å²) in [4.78, 5) is 0. The van der Waals surface area contributed by atoms with Gasteiger partial charge in [0.1, 0.15) is 0 Å². The third kappa shape index (κ3) is 1.89. The zero-order valence-corrected chi connectivity index (χ0v) is 11.9. The van der Waals surface area contributed by atoms with Crippen molar-refractivity contribution in [2.45, 2.75) is 25.2 Å². The monoisotopic (exact) mass is 305 g/mol. The van der Waals surface area contributed by atoms with Crippen molar-refractivity contribution >= 4 is 15.9 Å². The van der Waals surface area contributed by atoms with Crippen LogP contribution in [0.15, 0.2) is 34.9 Å². The van der Waals surface area contributed by atoms with Gasteiger partial charge in [-0.1, -0.05) is 15.9 Å². The molecule has 1 aliphatic rings. The highest BCUT2D eigenvalue weighted by Gasteiger charge is 2.44. The van der Waals surface area contributed by atoms with Crippen molar-refractivity contribution < 1.29 is 0 Å². The number of aryl methyl sites for hydroxylation is 1. The number of nitrogens with zero attached hydrogens (tertiary/aromatic N) is 2. The van der Waals surface area contributed by atoms with Gasteiger partial charge in [-0.3, -0.25) is 0 Å². The average Bonchev–Trinajstić information content (AvgIpc) is 3.02. The number of nitrogens with two attached hydrogens (primary N) is 1. The molecule has 0 atom stereocenters. The summed E-state index contributed by atoms with van der Waals surface area (Å²) >= 11 is 3.51. The van der Waals surface area contributed by atoms with Crippen molar-refractivity contribution in [2.75, 3.05) is 6.54 Å². The Balaban J connectivity index is 1.95. The molecule has 0 bridgehead atoms. The van der Waals surface area contributed by atoms with Crippen LogP contribution in [0, 0.1) is 6.92 Å². The molecule has 0 saturated heterocycles. The first-order chi connectivity index (χ1) is 8.64. The van der Waals surface area contributed by atoms with Crippen LogP contribution < -0.4 is 5.73 Å². The molecule has 1 aromatic heterocycles. The molecule has 0 amide bonds. The fourth-order valence-corrected chi connectivity index (χ4v) is 2.48. The van der Waals surface area contributed by atoms with E-state index >= 15 is 0 Å². The van der Waals surface area contributed by atoms with Gasteiger partial charge in [0.15, 0.2) is 0 Å². The SMILES string of the molecule is Cc1cc(-n2ccc(C3(CN)CC3)n2)ccc1Br. The lowest BCUT2D eigenvalue weighted by Crippen LogP contribution is -2.20. The Morgan fingerprint density at radius 1 is 1.39 bits per heavy atom. The van der Waals surface area contributed by atoms with Crippen LogP contribution in [0.1, 0.15) is 24.1 Å². The summed E-state index contributed by atoms with van der Waals surface area (Å²) in [5.74, 6) is 0. The molecule has 3 rings (SSSR count). The summed E-state index contributed by atoms with van der Waals surface area (Å²) in [6.45, 7) is 2.78. The number of hydrogen-bond acceptors (Lipinski definition) is 2. The maximum Gasteiger partial charge on any atom is 0.0703 e. The normalized spacial score (nSPS) is 16.8. The van der Waals surface area contributed by atoms with E-state index in [0.717, 1.165) is 15.9 Å². The van der Waals surface area contributed by atoms with Crippen molar-refractivity contribution in [3.8, 4) is 5.69 Å². The molecule has 0 unspecified atom stereocenters. The van der Waals surface area contributed by atoms with Crippen molar-refractivity contribution in [1.82, 2.24) is 9.78 Å². The van der Waals surface area contributed by atoms with E-state index in [4.69, 9.17) is 5.73 Å². The first kappa shape index (κ1) is 11.9. The van der Waals surface area contributed by atoms with Crippen LogP contribution in [0.3, 0.4) is 0 Å². The molecule has 1 aromatic carbocycles. The second-order valence-electron chi connectivity index (χ2n) is 5.06. The van der Waals surface area contributed by atoms with Gasteiger partial charge in [0.25, 0.3) is 0 Å². The lowest BCUT2D eigenvalue weighted by Gasteiger charge is -2.08. The van der Waals surface area contributed by atoms with Crippen molar-refractivity contribution in [2.24, 2.45) is 5.73 Å². The molecule has 1 saturated carbocycles. The number of aromatic nitrogens is 2. The molecule has 4 heteroatoms. The smallest absolute Gasteiger partial charge is 0.0703 e. The van der Waals surface area contributed by atoms with Gasteiger partial charge >= 0.3 is 0 Å². The van der Waals surface area contributed by atoms with E-state index in [-0.39, 0.29) is 5.41 Å². The predicted molar refractivity (Wildman–Crippen MR) is 76.0 cm³/mol. The average molecular weight is 306 g/mol. The minimum Gasteiger partial charge on any atom is -0.330 e. The lowest BCUT2D eigenvalue weighted by molar-refractivity contribution is 0.661. The highest BCUT2D eigenvalue weighted by molar-refractivity contribution is 9.10. The van der Waals surface area contributed by atoms with Crippen LogP contribution in [-0.4, -0.2) is 16.3 Å². The third-order valence-corrected chi connectivity index (χ3v) is 4.67. The van der Waals surface area contributed by atoms with E-state index in [1.807, 2.05) is 10.9 Å². The largest absolute Gasteiger partial charge is 0.330 e. The quantitative estimate of drug-likeness (QED) is 0.947. The standard InChI is InChI=1S/C14H16BrN3/c1-10-8-11(2-3-12(10)15)18-7-4-13(17-18)14(9-16)5-6-14/h2-4,7-8H,5-6,9,16H2,1H3. The van der Waals surface area contributed by atoms with Crippen LogP contribution in [0.4, 0.5) is 0 Å². The summed E-state index contributed by atoms with van der Waals surface area (Å²) in [5.41, 5.74) is 9.43. The summed E-state index contributed by atoms with van der Waals surface area (Å²) < 4.78 is 3.06. The Hall–Kier alpha value is -1.13. The van der Waals surface area contributed by atoms with Gasteiger partial charge in [0, 0.05) is 22.6 Å². The molecule has 1 heterocycles. The molecular weight excluding hydrogens is 290 g/mol. The van der Waals surface area contributed by atoms with E-state index in [1.54, 1.807) is 0 Å². The number of hydrogen-bond donors (Lipinski definition) is 1. The molecule has 94 valence electrons. The maximum absolute atomic E-state index is 5.84. The van der Waals surface area contributed by atoms with Gasteiger partial charge < -0.3 is 5.73 Å². The van der Waals surface area contributed by atoms with Crippen LogP contribution >= 0.6 is 15.9 Å². The number of halogens is 1. The molecule has 3 nitrogen and oxygen atoms in total. The van der Waals surface area contributed by atoms with Gasteiger partial charge in [-0.2, -0.15) is 5.10 Å².